The van der Waals surface area contributed by atoms with E-state index in [1.54, 1.807) is 0 Å². The number of allylic oxidation sites excluding steroid dienone is 1. The quantitative estimate of drug-likeness (QED) is 0.466. The Morgan fingerprint density at radius 3 is 2.69 bits per heavy atom. The summed E-state index contributed by atoms with van der Waals surface area (Å²) in [6.07, 6.45) is 7.56. The topological polar surface area (TPSA) is 29.5 Å². The Bertz CT molecular complexity index is 121. The van der Waals surface area contributed by atoms with Crippen LogP contribution in [0.15, 0.2) is 12.2 Å². The maximum Gasteiger partial charge on any atom is 0.0718 e. The number of hydrogen-bond acceptors (Lipinski definition) is 2. The predicted molar refractivity (Wildman–Crippen MR) is 55.8 cm³/mol. The van der Waals surface area contributed by atoms with Gasteiger partial charge in [0, 0.05) is 13.2 Å². The highest BCUT2D eigenvalue weighted by Crippen LogP contribution is 1.97. The molecule has 0 spiro atoms. The van der Waals surface area contributed by atoms with E-state index in [0.29, 0.717) is 0 Å². The zero-order valence-electron chi connectivity index (χ0n) is 8.83. The van der Waals surface area contributed by atoms with Crippen LogP contribution in [0.3, 0.4) is 0 Å². The molecule has 0 aromatic rings. The van der Waals surface area contributed by atoms with Gasteiger partial charge in [-0.2, -0.15) is 0 Å². The van der Waals surface area contributed by atoms with Gasteiger partial charge in [0.25, 0.3) is 0 Å². The Balaban J connectivity index is 3.10. The zero-order chi connectivity index (χ0) is 9.94. The van der Waals surface area contributed by atoms with E-state index >= 15 is 0 Å². The molecule has 1 atom stereocenters. The molecule has 0 aromatic carbocycles. The summed E-state index contributed by atoms with van der Waals surface area (Å²) >= 11 is 0. The van der Waals surface area contributed by atoms with Crippen molar-refractivity contribution in [3.8, 4) is 0 Å². The van der Waals surface area contributed by atoms with Crippen LogP contribution in [0.1, 0.15) is 39.5 Å². The summed E-state index contributed by atoms with van der Waals surface area (Å²) in [5.74, 6) is 0. The molecule has 2 nitrogen and oxygen atoms in total. The number of rotatable bonds is 8. The van der Waals surface area contributed by atoms with E-state index in [2.05, 4.69) is 6.92 Å². The summed E-state index contributed by atoms with van der Waals surface area (Å²) in [6.45, 7) is 5.78. The Morgan fingerprint density at radius 2 is 2.08 bits per heavy atom. The Labute approximate surface area is 81.6 Å². The highest BCUT2D eigenvalue weighted by molar-refractivity contribution is 4.87. The summed E-state index contributed by atoms with van der Waals surface area (Å²) in [5, 5.41) is 9.18. The molecule has 0 saturated heterocycles. The van der Waals surface area contributed by atoms with Crippen molar-refractivity contribution in [3.05, 3.63) is 12.2 Å². The SMILES string of the molecule is CCCOCCC/C=C/C(O)CC. The van der Waals surface area contributed by atoms with Gasteiger partial charge in [-0.05, 0) is 25.7 Å². The molecule has 2 heteroatoms. The molecular formula is C11H22O2. The first-order valence-corrected chi connectivity index (χ1v) is 5.23. The number of aliphatic hydroxyl groups excluding tert-OH is 1. The summed E-state index contributed by atoms with van der Waals surface area (Å²) in [4.78, 5) is 0. The molecule has 78 valence electrons. The van der Waals surface area contributed by atoms with Gasteiger partial charge in [-0.1, -0.05) is 26.0 Å². The molecule has 0 saturated carbocycles. The highest BCUT2D eigenvalue weighted by Gasteiger charge is 1.91. The molecule has 0 amide bonds. The van der Waals surface area contributed by atoms with E-state index in [1.165, 1.54) is 0 Å². The van der Waals surface area contributed by atoms with Crippen LogP contribution in [0.5, 0.6) is 0 Å². The minimum Gasteiger partial charge on any atom is -0.389 e. The number of ether oxygens (including phenoxy) is 1. The van der Waals surface area contributed by atoms with Gasteiger partial charge in [0.05, 0.1) is 6.10 Å². The molecule has 1 unspecified atom stereocenters. The van der Waals surface area contributed by atoms with Gasteiger partial charge in [0.1, 0.15) is 0 Å². The molecule has 0 fully saturated rings. The third-order valence-corrected chi connectivity index (χ3v) is 1.78. The Morgan fingerprint density at radius 1 is 1.31 bits per heavy atom. The zero-order valence-corrected chi connectivity index (χ0v) is 8.83. The van der Waals surface area contributed by atoms with Gasteiger partial charge in [-0.15, -0.1) is 0 Å². The lowest BCUT2D eigenvalue weighted by atomic mass is 10.2. The van der Waals surface area contributed by atoms with Crippen LogP contribution in [-0.2, 0) is 4.74 Å². The molecule has 0 aliphatic rings. The van der Waals surface area contributed by atoms with E-state index in [-0.39, 0.29) is 6.10 Å². The largest absolute Gasteiger partial charge is 0.389 e. The van der Waals surface area contributed by atoms with Crippen molar-refractivity contribution in [1.29, 1.82) is 0 Å². The van der Waals surface area contributed by atoms with Crippen molar-refractivity contribution in [2.45, 2.75) is 45.6 Å². The van der Waals surface area contributed by atoms with Crippen molar-refractivity contribution in [2.75, 3.05) is 13.2 Å². The molecular weight excluding hydrogens is 164 g/mol. The Hall–Kier alpha value is -0.340. The average molecular weight is 186 g/mol. The van der Waals surface area contributed by atoms with Crippen LogP contribution < -0.4 is 0 Å². The molecule has 13 heavy (non-hydrogen) atoms. The van der Waals surface area contributed by atoms with Crippen molar-refractivity contribution < 1.29 is 9.84 Å². The van der Waals surface area contributed by atoms with Crippen molar-refractivity contribution in [2.24, 2.45) is 0 Å². The molecule has 0 radical (unpaired) electrons. The molecule has 0 aliphatic carbocycles. The molecule has 0 rings (SSSR count). The number of unbranched alkanes of at least 4 members (excludes halogenated alkanes) is 1. The smallest absolute Gasteiger partial charge is 0.0718 e. The van der Waals surface area contributed by atoms with Crippen LogP contribution >= 0.6 is 0 Å². The second-order valence-electron chi connectivity index (χ2n) is 3.16. The van der Waals surface area contributed by atoms with Gasteiger partial charge < -0.3 is 9.84 Å². The van der Waals surface area contributed by atoms with Gasteiger partial charge in [0.2, 0.25) is 0 Å². The predicted octanol–water partition coefficient (Wildman–Crippen LogP) is 2.52. The van der Waals surface area contributed by atoms with E-state index in [4.69, 9.17) is 4.74 Å². The minimum atomic E-state index is -0.267. The van der Waals surface area contributed by atoms with Crippen LogP contribution in [0.2, 0.25) is 0 Å². The van der Waals surface area contributed by atoms with Gasteiger partial charge >= 0.3 is 0 Å². The van der Waals surface area contributed by atoms with Gasteiger partial charge in [-0.25, -0.2) is 0 Å². The fourth-order valence-corrected chi connectivity index (χ4v) is 0.939. The third-order valence-electron chi connectivity index (χ3n) is 1.78. The number of aliphatic hydroxyl groups is 1. The van der Waals surface area contributed by atoms with Crippen molar-refractivity contribution in [3.63, 3.8) is 0 Å². The first-order chi connectivity index (χ1) is 6.31. The lowest BCUT2D eigenvalue weighted by Gasteiger charge is -2.00. The fraction of sp³-hybridized carbons (Fsp3) is 0.818. The molecule has 0 aromatic heterocycles. The minimum absolute atomic E-state index is 0.267. The van der Waals surface area contributed by atoms with Gasteiger partial charge in [-0.3, -0.25) is 0 Å². The first kappa shape index (κ1) is 12.7. The monoisotopic (exact) mass is 186 g/mol. The maximum absolute atomic E-state index is 9.18. The second-order valence-corrected chi connectivity index (χ2v) is 3.16. The number of hydrogen-bond donors (Lipinski definition) is 1. The van der Waals surface area contributed by atoms with Crippen LogP contribution in [0.25, 0.3) is 0 Å². The van der Waals surface area contributed by atoms with E-state index in [1.807, 2.05) is 19.1 Å². The third kappa shape index (κ3) is 9.57. The summed E-state index contributed by atoms with van der Waals surface area (Å²) in [7, 11) is 0. The van der Waals surface area contributed by atoms with Crippen LogP contribution in [0, 0.1) is 0 Å². The van der Waals surface area contributed by atoms with Crippen molar-refractivity contribution in [1.82, 2.24) is 0 Å². The average Bonchev–Trinajstić information content (AvgIpc) is 2.16. The molecule has 1 N–H and O–H groups in total. The maximum atomic E-state index is 9.18. The van der Waals surface area contributed by atoms with Crippen LogP contribution in [0.4, 0.5) is 0 Å². The fourth-order valence-electron chi connectivity index (χ4n) is 0.939. The van der Waals surface area contributed by atoms with E-state index in [9.17, 15) is 5.11 Å². The summed E-state index contributed by atoms with van der Waals surface area (Å²) in [6, 6.07) is 0. The standard InChI is InChI=1S/C11H22O2/c1-3-9-13-10-7-5-6-8-11(12)4-2/h6,8,11-12H,3-5,7,9-10H2,1-2H3/b8-6+. The van der Waals surface area contributed by atoms with Gasteiger partial charge in [0.15, 0.2) is 0 Å². The Kier molecular flexibility index (Phi) is 9.49. The molecule has 0 aliphatic heterocycles. The normalized spacial score (nSPS) is 13.8. The first-order valence-electron chi connectivity index (χ1n) is 5.23. The summed E-state index contributed by atoms with van der Waals surface area (Å²) in [5.41, 5.74) is 0. The molecule has 0 bridgehead atoms. The lowest BCUT2D eigenvalue weighted by Crippen LogP contribution is -1.98. The van der Waals surface area contributed by atoms with Crippen molar-refractivity contribution >= 4 is 0 Å². The second kappa shape index (κ2) is 9.75. The van der Waals surface area contributed by atoms with Crippen LogP contribution in [-0.4, -0.2) is 24.4 Å². The lowest BCUT2D eigenvalue weighted by molar-refractivity contribution is 0.133. The summed E-state index contributed by atoms with van der Waals surface area (Å²) < 4.78 is 5.32. The van der Waals surface area contributed by atoms with E-state index < -0.39 is 0 Å². The van der Waals surface area contributed by atoms with E-state index in [0.717, 1.165) is 38.9 Å². The molecule has 0 heterocycles. The highest BCUT2D eigenvalue weighted by atomic mass is 16.5.